The molecule has 0 spiro atoms. The van der Waals surface area contributed by atoms with E-state index in [1.54, 1.807) is 13.0 Å². The molecule has 1 aliphatic rings. The average molecular weight is 265 g/mol. The number of carbonyl (C=O) groups is 3. The Bertz CT molecular complexity index is 523. The fourth-order valence-corrected chi connectivity index (χ4v) is 2.01. The summed E-state index contributed by atoms with van der Waals surface area (Å²) in [5.41, 5.74) is 0.477. The number of urea groups is 1. The molecule has 102 valence electrons. The molecule has 1 fully saturated rings. The van der Waals surface area contributed by atoms with Crippen molar-refractivity contribution in [3.63, 3.8) is 0 Å². The quantitative estimate of drug-likeness (QED) is 0.819. The van der Waals surface area contributed by atoms with Crippen LogP contribution in [0.25, 0.3) is 0 Å². The summed E-state index contributed by atoms with van der Waals surface area (Å²) in [6, 6.07) is 0.939. The number of hydrogen-bond acceptors (Lipinski definition) is 5. The Kier molecular flexibility index (Phi) is 3.64. The molecule has 1 unspecified atom stereocenters. The number of aromatic nitrogens is 1. The third-order valence-corrected chi connectivity index (χ3v) is 2.93. The van der Waals surface area contributed by atoms with Crippen LogP contribution in [0.2, 0.25) is 0 Å². The molecule has 7 nitrogen and oxygen atoms in total. The van der Waals surface area contributed by atoms with Gasteiger partial charge in [0.2, 0.25) is 11.8 Å². The van der Waals surface area contributed by atoms with Crippen molar-refractivity contribution in [3.8, 4) is 0 Å². The van der Waals surface area contributed by atoms with E-state index in [1.165, 1.54) is 0 Å². The number of carbonyl (C=O) groups excluding carboxylic acids is 3. The van der Waals surface area contributed by atoms with Crippen molar-refractivity contribution in [2.75, 3.05) is 0 Å². The van der Waals surface area contributed by atoms with E-state index < -0.39 is 23.8 Å². The van der Waals surface area contributed by atoms with Crippen molar-refractivity contribution in [1.82, 2.24) is 15.4 Å². The molecule has 2 rings (SSSR count). The van der Waals surface area contributed by atoms with Crippen molar-refractivity contribution >= 4 is 17.8 Å². The number of barbiturate groups is 1. The molecular weight excluding hydrogens is 250 g/mol. The normalized spacial score (nSPS) is 19.8. The van der Waals surface area contributed by atoms with Crippen LogP contribution in [0.15, 0.2) is 10.6 Å². The molecule has 0 radical (unpaired) electrons. The number of nitrogens with one attached hydrogen (secondary N) is 1. The zero-order valence-electron chi connectivity index (χ0n) is 10.8. The van der Waals surface area contributed by atoms with E-state index in [-0.39, 0.29) is 6.54 Å². The fourth-order valence-electron chi connectivity index (χ4n) is 2.01. The predicted molar refractivity (Wildman–Crippen MR) is 63.7 cm³/mol. The maximum absolute atomic E-state index is 12.1. The Morgan fingerprint density at radius 2 is 2.16 bits per heavy atom. The smallest absolute Gasteiger partial charge is 0.331 e. The maximum atomic E-state index is 12.1. The first-order chi connectivity index (χ1) is 9.02. The molecule has 1 aromatic rings. The highest BCUT2D eigenvalue weighted by molar-refractivity contribution is 6.16. The summed E-state index contributed by atoms with van der Waals surface area (Å²) in [6.07, 6.45) is 1.11. The Hall–Kier alpha value is -2.18. The van der Waals surface area contributed by atoms with Gasteiger partial charge >= 0.3 is 6.03 Å². The van der Waals surface area contributed by atoms with Crippen molar-refractivity contribution in [3.05, 3.63) is 17.5 Å². The predicted octanol–water partition coefficient (Wildman–Crippen LogP) is 0.978. The number of nitrogens with zero attached hydrogens (tertiary/aromatic N) is 2. The van der Waals surface area contributed by atoms with Crippen LogP contribution >= 0.6 is 0 Å². The molecule has 1 aromatic heterocycles. The van der Waals surface area contributed by atoms with E-state index in [0.29, 0.717) is 24.3 Å². The molecular formula is C12H15N3O4. The standard InChI is InChI=1S/C12H15N3O4/c1-3-4-9-10(16)13-12(18)15(11(9)17)6-8-5-7(2)19-14-8/h5,9H,3-4,6H2,1-2H3,(H,13,16,18). The number of imide groups is 2. The fraction of sp³-hybridized carbons (Fsp3) is 0.500. The highest BCUT2D eigenvalue weighted by Crippen LogP contribution is 2.18. The van der Waals surface area contributed by atoms with Crippen LogP contribution in [-0.2, 0) is 16.1 Å². The topological polar surface area (TPSA) is 92.5 Å². The van der Waals surface area contributed by atoms with Crippen LogP contribution in [0.5, 0.6) is 0 Å². The van der Waals surface area contributed by atoms with Crippen LogP contribution in [0, 0.1) is 12.8 Å². The van der Waals surface area contributed by atoms with E-state index in [4.69, 9.17) is 4.52 Å². The van der Waals surface area contributed by atoms with Crippen LogP contribution in [0.1, 0.15) is 31.2 Å². The van der Waals surface area contributed by atoms with Crippen LogP contribution < -0.4 is 5.32 Å². The van der Waals surface area contributed by atoms with E-state index >= 15 is 0 Å². The molecule has 2 heterocycles. The minimum absolute atomic E-state index is 0.00943. The number of aryl methyl sites for hydroxylation is 1. The molecule has 4 amide bonds. The SMILES string of the molecule is CCCC1C(=O)NC(=O)N(Cc2cc(C)on2)C1=O. The highest BCUT2D eigenvalue weighted by Gasteiger charge is 2.39. The van der Waals surface area contributed by atoms with Gasteiger partial charge in [0.25, 0.3) is 0 Å². The Labute approximate surface area is 109 Å². The van der Waals surface area contributed by atoms with Gasteiger partial charge in [-0.15, -0.1) is 0 Å². The Balaban J connectivity index is 2.16. The van der Waals surface area contributed by atoms with Crippen LogP contribution in [0.4, 0.5) is 4.79 Å². The lowest BCUT2D eigenvalue weighted by Crippen LogP contribution is -2.57. The van der Waals surface area contributed by atoms with Gasteiger partial charge in [-0.05, 0) is 13.3 Å². The molecule has 0 bridgehead atoms. The zero-order chi connectivity index (χ0) is 14.0. The second-order valence-corrected chi connectivity index (χ2v) is 4.49. The van der Waals surface area contributed by atoms with Crippen LogP contribution in [-0.4, -0.2) is 27.9 Å². The largest absolute Gasteiger partial charge is 0.361 e. The summed E-state index contributed by atoms with van der Waals surface area (Å²) < 4.78 is 4.89. The van der Waals surface area contributed by atoms with Crippen molar-refractivity contribution in [2.45, 2.75) is 33.2 Å². The monoisotopic (exact) mass is 265 g/mol. The lowest BCUT2D eigenvalue weighted by atomic mass is 9.99. The van der Waals surface area contributed by atoms with Gasteiger partial charge in [-0.1, -0.05) is 18.5 Å². The molecule has 1 saturated heterocycles. The van der Waals surface area contributed by atoms with Gasteiger partial charge < -0.3 is 4.52 Å². The highest BCUT2D eigenvalue weighted by atomic mass is 16.5. The first kappa shape index (κ1) is 13.3. The van der Waals surface area contributed by atoms with E-state index in [1.807, 2.05) is 6.92 Å². The summed E-state index contributed by atoms with van der Waals surface area (Å²) in [4.78, 5) is 36.4. The van der Waals surface area contributed by atoms with Gasteiger partial charge in [0, 0.05) is 6.07 Å². The molecule has 0 aliphatic carbocycles. The Morgan fingerprint density at radius 1 is 1.42 bits per heavy atom. The third-order valence-electron chi connectivity index (χ3n) is 2.93. The zero-order valence-corrected chi connectivity index (χ0v) is 10.8. The van der Waals surface area contributed by atoms with Gasteiger partial charge in [-0.25, -0.2) is 4.79 Å². The summed E-state index contributed by atoms with van der Waals surface area (Å²) >= 11 is 0. The maximum Gasteiger partial charge on any atom is 0.331 e. The van der Waals surface area contributed by atoms with Crippen molar-refractivity contribution in [1.29, 1.82) is 0 Å². The van der Waals surface area contributed by atoms with Gasteiger partial charge in [-0.3, -0.25) is 19.8 Å². The lowest BCUT2D eigenvalue weighted by molar-refractivity contribution is -0.143. The van der Waals surface area contributed by atoms with Gasteiger partial charge in [0.05, 0.1) is 6.54 Å². The molecule has 1 N–H and O–H groups in total. The van der Waals surface area contributed by atoms with Gasteiger partial charge in [0.15, 0.2) is 0 Å². The van der Waals surface area contributed by atoms with Gasteiger partial charge in [-0.2, -0.15) is 0 Å². The molecule has 0 aromatic carbocycles. The molecule has 19 heavy (non-hydrogen) atoms. The molecule has 7 heteroatoms. The average Bonchev–Trinajstić information content (AvgIpc) is 2.76. The van der Waals surface area contributed by atoms with Gasteiger partial charge in [0.1, 0.15) is 17.4 Å². The summed E-state index contributed by atoms with van der Waals surface area (Å²) in [5, 5.41) is 5.93. The number of amides is 4. The van der Waals surface area contributed by atoms with E-state index in [9.17, 15) is 14.4 Å². The first-order valence-corrected chi connectivity index (χ1v) is 6.11. The van der Waals surface area contributed by atoms with Crippen molar-refractivity contribution in [2.24, 2.45) is 5.92 Å². The molecule has 1 atom stereocenters. The van der Waals surface area contributed by atoms with E-state index in [2.05, 4.69) is 10.5 Å². The lowest BCUT2D eigenvalue weighted by Gasteiger charge is -2.29. The summed E-state index contributed by atoms with van der Waals surface area (Å²) in [6.45, 7) is 3.61. The minimum Gasteiger partial charge on any atom is -0.361 e. The van der Waals surface area contributed by atoms with E-state index in [0.717, 1.165) is 4.90 Å². The summed E-state index contributed by atoms with van der Waals surface area (Å²) in [5.74, 6) is -1.20. The second kappa shape index (κ2) is 5.21. The molecule has 1 aliphatic heterocycles. The number of rotatable bonds is 4. The van der Waals surface area contributed by atoms with Crippen LogP contribution in [0.3, 0.4) is 0 Å². The summed E-state index contributed by atoms with van der Waals surface area (Å²) in [7, 11) is 0. The first-order valence-electron chi connectivity index (χ1n) is 6.11. The third kappa shape index (κ3) is 2.64. The minimum atomic E-state index is -0.796. The van der Waals surface area contributed by atoms with Crippen molar-refractivity contribution < 1.29 is 18.9 Å². The molecule has 0 saturated carbocycles. The number of hydrogen-bond donors (Lipinski definition) is 1. The second-order valence-electron chi connectivity index (χ2n) is 4.49. The Morgan fingerprint density at radius 3 is 2.74 bits per heavy atom.